The molecule has 1 unspecified atom stereocenters. The molecule has 7 heteroatoms. The molecule has 1 aromatic carbocycles. The first kappa shape index (κ1) is 13.0. The van der Waals surface area contributed by atoms with Gasteiger partial charge in [-0.25, -0.2) is 4.39 Å². The van der Waals surface area contributed by atoms with Crippen LogP contribution in [0.5, 0.6) is 0 Å². The predicted molar refractivity (Wildman–Crippen MR) is 67.6 cm³/mol. The van der Waals surface area contributed by atoms with Gasteiger partial charge in [0.1, 0.15) is 11.5 Å². The first-order chi connectivity index (χ1) is 8.41. The van der Waals surface area contributed by atoms with Crippen molar-refractivity contribution in [2.24, 2.45) is 0 Å². The SMILES string of the molecule is CC1(Nc2cc(F)c(Cl)cc2[N+](=O)[O-])CCNC1. The molecule has 1 saturated heterocycles. The van der Waals surface area contributed by atoms with Gasteiger partial charge in [-0.3, -0.25) is 10.1 Å². The van der Waals surface area contributed by atoms with Crippen molar-refractivity contribution in [2.45, 2.75) is 18.9 Å². The van der Waals surface area contributed by atoms with E-state index in [-0.39, 0.29) is 21.9 Å². The zero-order valence-electron chi connectivity index (χ0n) is 9.80. The van der Waals surface area contributed by atoms with Crippen LogP contribution in [0, 0.1) is 15.9 Å². The van der Waals surface area contributed by atoms with E-state index in [2.05, 4.69) is 10.6 Å². The van der Waals surface area contributed by atoms with Gasteiger partial charge in [-0.1, -0.05) is 11.6 Å². The molecule has 0 saturated carbocycles. The van der Waals surface area contributed by atoms with Crippen molar-refractivity contribution < 1.29 is 9.31 Å². The standard InChI is InChI=1S/C11H13ClFN3O2/c1-11(2-3-14-6-11)15-9-5-8(13)7(12)4-10(9)16(17)18/h4-5,14-15H,2-3,6H2,1H3. The van der Waals surface area contributed by atoms with Crippen LogP contribution >= 0.6 is 11.6 Å². The summed E-state index contributed by atoms with van der Waals surface area (Å²) in [5.41, 5.74) is -0.368. The smallest absolute Gasteiger partial charge is 0.294 e. The second-order valence-electron chi connectivity index (χ2n) is 4.65. The third-order valence-electron chi connectivity index (χ3n) is 3.04. The van der Waals surface area contributed by atoms with Crippen LogP contribution in [0.3, 0.4) is 0 Å². The van der Waals surface area contributed by atoms with Gasteiger partial charge in [0.2, 0.25) is 0 Å². The van der Waals surface area contributed by atoms with E-state index in [1.165, 1.54) is 0 Å². The summed E-state index contributed by atoms with van der Waals surface area (Å²) < 4.78 is 13.4. The fourth-order valence-corrected chi connectivity index (χ4v) is 2.19. The highest BCUT2D eigenvalue weighted by atomic mass is 35.5. The van der Waals surface area contributed by atoms with Crippen LogP contribution in [0.2, 0.25) is 5.02 Å². The van der Waals surface area contributed by atoms with Gasteiger partial charge in [0.05, 0.1) is 9.95 Å². The summed E-state index contributed by atoms with van der Waals surface area (Å²) in [4.78, 5) is 10.4. The number of hydrogen-bond acceptors (Lipinski definition) is 4. The van der Waals surface area contributed by atoms with Gasteiger partial charge < -0.3 is 10.6 Å². The number of nitro benzene ring substituents is 1. The number of benzene rings is 1. The normalized spacial score (nSPS) is 23.1. The highest BCUT2D eigenvalue weighted by Gasteiger charge is 2.31. The Bertz CT molecular complexity index is 489. The molecule has 0 spiro atoms. The van der Waals surface area contributed by atoms with Crippen LogP contribution in [-0.4, -0.2) is 23.6 Å². The van der Waals surface area contributed by atoms with E-state index in [1.54, 1.807) is 0 Å². The van der Waals surface area contributed by atoms with Crippen LogP contribution in [-0.2, 0) is 0 Å². The molecule has 0 amide bonds. The molecule has 98 valence electrons. The summed E-state index contributed by atoms with van der Waals surface area (Å²) in [6, 6.07) is 2.11. The molecule has 1 fully saturated rings. The zero-order chi connectivity index (χ0) is 13.3. The molecule has 0 aromatic heterocycles. The number of halogens is 2. The van der Waals surface area contributed by atoms with Gasteiger partial charge in [-0.05, 0) is 19.9 Å². The topological polar surface area (TPSA) is 67.2 Å². The predicted octanol–water partition coefficient (Wildman–Crippen LogP) is 2.55. The molecular weight excluding hydrogens is 261 g/mol. The lowest BCUT2D eigenvalue weighted by Crippen LogP contribution is -2.37. The molecule has 1 aliphatic rings. The Morgan fingerprint density at radius 2 is 2.33 bits per heavy atom. The van der Waals surface area contributed by atoms with Crippen molar-refractivity contribution in [3.05, 3.63) is 33.1 Å². The van der Waals surface area contributed by atoms with Crippen LogP contribution in [0.25, 0.3) is 0 Å². The van der Waals surface area contributed by atoms with Crippen molar-refractivity contribution >= 4 is 23.0 Å². The van der Waals surface area contributed by atoms with Crippen LogP contribution < -0.4 is 10.6 Å². The minimum absolute atomic E-state index is 0.160. The largest absolute Gasteiger partial charge is 0.373 e. The average molecular weight is 274 g/mol. The fraction of sp³-hybridized carbons (Fsp3) is 0.455. The average Bonchev–Trinajstić information content (AvgIpc) is 2.69. The molecule has 1 heterocycles. The second-order valence-corrected chi connectivity index (χ2v) is 5.06. The number of nitrogens with zero attached hydrogens (tertiary/aromatic N) is 1. The number of hydrogen-bond donors (Lipinski definition) is 2. The van der Waals surface area contributed by atoms with Crippen LogP contribution in [0.1, 0.15) is 13.3 Å². The molecule has 1 aliphatic heterocycles. The number of nitro groups is 1. The summed E-state index contributed by atoms with van der Waals surface area (Å²) in [6.07, 6.45) is 0.814. The van der Waals surface area contributed by atoms with Crippen molar-refractivity contribution in [2.75, 3.05) is 18.4 Å². The van der Waals surface area contributed by atoms with E-state index in [9.17, 15) is 14.5 Å². The van der Waals surface area contributed by atoms with E-state index < -0.39 is 10.7 Å². The third kappa shape index (κ3) is 2.54. The Kier molecular flexibility index (Phi) is 3.41. The van der Waals surface area contributed by atoms with E-state index in [0.717, 1.165) is 25.1 Å². The molecule has 1 aromatic rings. The number of rotatable bonds is 3. The van der Waals surface area contributed by atoms with Gasteiger partial charge in [-0.15, -0.1) is 0 Å². The second kappa shape index (κ2) is 4.70. The molecule has 0 bridgehead atoms. The lowest BCUT2D eigenvalue weighted by molar-refractivity contribution is -0.384. The van der Waals surface area contributed by atoms with Gasteiger partial charge in [0.25, 0.3) is 5.69 Å². The Hall–Kier alpha value is -1.40. The molecule has 2 rings (SSSR count). The van der Waals surface area contributed by atoms with Crippen molar-refractivity contribution in [3.63, 3.8) is 0 Å². The summed E-state index contributed by atoms with van der Waals surface area (Å²) in [5.74, 6) is -0.667. The minimum atomic E-state index is -0.667. The first-order valence-electron chi connectivity index (χ1n) is 5.54. The molecule has 0 radical (unpaired) electrons. The summed E-state index contributed by atoms with van der Waals surface area (Å²) in [7, 11) is 0. The van der Waals surface area contributed by atoms with Crippen LogP contribution in [0.15, 0.2) is 12.1 Å². The highest BCUT2D eigenvalue weighted by Crippen LogP contribution is 2.33. The Balaban J connectivity index is 2.36. The Morgan fingerprint density at radius 1 is 1.61 bits per heavy atom. The van der Waals surface area contributed by atoms with Crippen molar-refractivity contribution in [3.8, 4) is 0 Å². The van der Waals surface area contributed by atoms with Gasteiger partial charge in [0, 0.05) is 24.2 Å². The molecule has 18 heavy (non-hydrogen) atoms. The maximum atomic E-state index is 13.4. The van der Waals surface area contributed by atoms with Crippen LogP contribution in [0.4, 0.5) is 15.8 Å². The maximum Gasteiger partial charge on any atom is 0.294 e. The molecular formula is C11H13ClFN3O2. The lowest BCUT2D eigenvalue weighted by Gasteiger charge is -2.25. The molecule has 2 N–H and O–H groups in total. The fourth-order valence-electron chi connectivity index (χ4n) is 2.04. The minimum Gasteiger partial charge on any atom is -0.373 e. The lowest BCUT2D eigenvalue weighted by atomic mass is 10.0. The van der Waals surface area contributed by atoms with Crippen molar-refractivity contribution in [1.82, 2.24) is 5.32 Å². The maximum absolute atomic E-state index is 13.4. The number of nitrogens with one attached hydrogen (secondary N) is 2. The van der Waals surface area contributed by atoms with E-state index >= 15 is 0 Å². The highest BCUT2D eigenvalue weighted by molar-refractivity contribution is 6.31. The zero-order valence-corrected chi connectivity index (χ0v) is 10.6. The van der Waals surface area contributed by atoms with Gasteiger partial charge in [0.15, 0.2) is 0 Å². The van der Waals surface area contributed by atoms with E-state index in [4.69, 9.17) is 11.6 Å². The van der Waals surface area contributed by atoms with E-state index in [0.29, 0.717) is 6.54 Å². The van der Waals surface area contributed by atoms with Gasteiger partial charge >= 0.3 is 0 Å². The summed E-state index contributed by atoms with van der Waals surface area (Å²) in [5, 5.41) is 16.9. The monoisotopic (exact) mass is 273 g/mol. The molecule has 5 nitrogen and oxygen atoms in total. The quantitative estimate of drug-likeness (QED) is 0.656. The van der Waals surface area contributed by atoms with Gasteiger partial charge in [-0.2, -0.15) is 0 Å². The Labute approximate surface area is 108 Å². The number of anilines is 1. The third-order valence-corrected chi connectivity index (χ3v) is 3.33. The summed E-state index contributed by atoms with van der Waals surface area (Å²) >= 11 is 5.56. The summed E-state index contributed by atoms with van der Waals surface area (Å²) in [6.45, 7) is 3.44. The van der Waals surface area contributed by atoms with Crippen molar-refractivity contribution in [1.29, 1.82) is 0 Å². The first-order valence-corrected chi connectivity index (χ1v) is 5.91. The van der Waals surface area contributed by atoms with E-state index in [1.807, 2.05) is 6.92 Å². The Morgan fingerprint density at radius 3 is 2.89 bits per heavy atom. The molecule has 1 atom stereocenters. The molecule has 0 aliphatic carbocycles.